The first-order valence-electron chi connectivity index (χ1n) is 8.07. The molecule has 0 fully saturated rings. The van der Waals surface area contributed by atoms with E-state index in [1.165, 1.54) is 11.1 Å². The number of rotatable bonds is 9. The van der Waals surface area contributed by atoms with Gasteiger partial charge in [-0.3, -0.25) is 0 Å². The Hall–Kier alpha value is -2.04. The molecule has 0 heterocycles. The first-order chi connectivity index (χ1) is 11.2. The molecule has 0 atom stereocenters. The van der Waals surface area contributed by atoms with Crippen LogP contribution in [0.25, 0.3) is 0 Å². The lowest BCUT2D eigenvalue weighted by Gasteiger charge is -2.11. The van der Waals surface area contributed by atoms with Gasteiger partial charge in [0.05, 0.1) is 12.3 Å². The Morgan fingerprint density at radius 3 is 2.70 bits per heavy atom. The SMILES string of the molecule is Cc1cccc(COc2ccc(CCCNCCO)cc2N)c1. The van der Waals surface area contributed by atoms with E-state index in [-0.39, 0.29) is 6.61 Å². The number of nitrogen functional groups attached to an aromatic ring is 1. The number of benzene rings is 2. The van der Waals surface area contributed by atoms with E-state index in [1.54, 1.807) is 0 Å². The molecular weight excluding hydrogens is 288 g/mol. The molecule has 0 aromatic heterocycles. The maximum absolute atomic E-state index is 8.70. The van der Waals surface area contributed by atoms with Crippen LogP contribution in [0.4, 0.5) is 5.69 Å². The number of ether oxygens (including phenoxy) is 1. The van der Waals surface area contributed by atoms with Gasteiger partial charge in [0.25, 0.3) is 0 Å². The van der Waals surface area contributed by atoms with Gasteiger partial charge in [-0.05, 0) is 49.6 Å². The average molecular weight is 314 g/mol. The van der Waals surface area contributed by atoms with Gasteiger partial charge in [0.1, 0.15) is 12.4 Å². The summed E-state index contributed by atoms with van der Waals surface area (Å²) in [6.45, 7) is 4.32. The Kier molecular flexibility index (Phi) is 6.91. The number of aliphatic hydroxyl groups excluding tert-OH is 1. The summed E-state index contributed by atoms with van der Waals surface area (Å²) in [4.78, 5) is 0. The summed E-state index contributed by atoms with van der Waals surface area (Å²) >= 11 is 0. The molecule has 23 heavy (non-hydrogen) atoms. The molecule has 4 N–H and O–H groups in total. The lowest BCUT2D eigenvalue weighted by Crippen LogP contribution is -2.19. The van der Waals surface area contributed by atoms with Crippen molar-refractivity contribution in [3.8, 4) is 5.75 Å². The Bertz CT molecular complexity index is 614. The van der Waals surface area contributed by atoms with Gasteiger partial charge >= 0.3 is 0 Å². The van der Waals surface area contributed by atoms with Crippen molar-refractivity contribution in [2.45, 2.75) is 26.4 Å². The number of aliphatic hydroxyl groups is 1. The standard InChI is InChI=1S/C19H26N2O2/c1-15-4-2-5-17(12-15)14-23-19-8-7-16(13-18(19)20)6-3-9-21-10-11-22/h2,4-5,7-8,12-13,21-22H,3,6,9-11,14,20H2,1H3. The van der Waals surface area contributed by atoms with E-state index >= 15 is 0 Å². The van der Waals surface area contributed by atoms with Crippen molar-refractivity contribution in [3.05, 3.63) is 59.2 Å². The average Bonchev–Trinajstić information content (AvgIpc) is 2.54. The van der Waals surface area contributed by atoms with E-state index < -0.39 is 0 Å². The van der Waals surface area contributed by atoms with Gasteiger partial charge in [0.2, 0.25) is 0 Å². The van der Waals surface area contributed by atoms with Crippen molar-refractivity contribution in [2.24, 2.45) is 0 Å². The highest BCUT2D eigenvalue weighted by atomic mass is 16.5. The number of hydrogen-bond acceptors (Lipinski definition) is 4. The van der Waals surface area contributed by atoms with Crippen molar-refractivity contribution in [3.63, 3.8) is 0 Å². The van der Waals surface area contributed by atoms with E-state index in [4.69, 9.17) is 15.6 Å². The molecule has 0 aliphatic heterocycles. The summed E-state index contributed by atoms with van der Waals surface area (Å²) in [6, 6.07) is 14.3. The largest absolute Gasteiger partial charge is 0.487 e. The molecule has 0 bridgehead atoms. The van der Waals surface area contributed by atoms with E-state index in [2.05, 4.69) is 36.5 Å². The molecule has 4 nitrogen and oxygen atoms in total. The van der Waals surface area contributed by atoms with Crippen LogP contribution in [0.3, 0.4) is 0 Å². The molecular formula is C19H26N2O2. The van der Waals surface area contributed by atoms with E-state index in [1.807, 2.05) is 18.2 Å². The molecule has 0 amide bonds. The smallest absolute Gasteiger partial charge is 0.142 e. The van der Waals surface area contributed by atoms with Gasteiger partial charge in [-0.25, -0.2) is 0 Å². The highest BCUT2D eigenvalue weighted by molar-refractivity contribution is 5.54. The van der Waals surface area contributed by atoms with Gasteiger partial charge in [0.15, 0.2) is 0 Å². The van der Waals surface area contributed by atoms with E-state index in [9.17, 15) is 0 Å². The molecule has 2 aromatic carbocycles. The highest BCUT2D eigenvalue weighted by Crippen LogP contribution is 2.24. The fraction of sp³-hybridized carbons (Fsp3) is 0.368. The second-order valence-electron chi connectivity index (χ2n) is 5.73. The minimum Gasteiger partial charge on any atom is -0.487 e. The van der Waals surface area contributed by atoms with Crippen LogP contribution in [0.5, 0.6) is 5.75 Å². The highest BCUT2D eigenvalue weighted by Gasteiger charge is 2.03. The Morgan fingerprint density at radius 1 is 1.09 bits per heavy atom. The van der Waals surface area contributed by atoms with Crippen LogP contribution in [0.1, 0.15) is 23.1 Å². The third-order valence-corrected chi connectivity index (χ3v) is 3.66. The zero-order valence-corrected chi connectivity index (χ0v) is 13.7. The summed E-state index contributed by atoms with van der Waals surface area (Å²) < 4.78 is 5.83. The number of anilines is 1. The summed E-state index contributed by atoms with van der Waals surface area (Å²) in [7, 11) is 0. The minimum absolute atomic E-state index is 0.180. The van der Waals surface area contributed by atoms with E-state index in [0.717, 1.165) is 30.7 Å². The first kappa shape index (κ1) is 17.3. The van der Waals surface area contributed by atoms with Crippen LogP contribution < -0.4 is 15.8 Å². The quantitative estimate of drug-likeness (QED) is 0.492. The monoisotopic (exact) mass is 314 g/mol. The van der Waals surface area contributed by atoms with Crippen molar-refractivity contribution in [1.29, 1.82) is 0 Å². The maximum Gasteiger partial charge on any atom is 0.142 e. The predicted molar refractivity (Wildman–Crippen MR) is 94.6 cm³/mol. The van der Waals surface area contributed by atoms with E-state index in [0.29, 0.717) is 18.8 Å². The summed E-state index contributed by atoms with van der Waals surface area (Å²) in [6.07, 6.45) is 1.98. The second-order valence-corrected chi connectivity index (χ2v) is 5.73. The van der Waals surface area contributed by atoms with Gasteiger partial charge < -0.3 is 20.9 Å². The molecule has 0 spiro atoms. The van der Waals surface area contributed by atoms with Crippen molar-refractivity contribution in [2.75, 3.05) is 25.4 Å². The fourth-order valence-electron chi connectivity index (χ4n) is 2.47. The molecule has 4 heteroatoms. The molecule has 0 saturated carbocycles. The third kappa shape index (κ3) is 5.93. The Labute approximate surface area is 138 Å². The summed E-state index contributed by atoms with van der Waals surface area (Å²) in [5.41, 5.74) is 10.3. The van der Waals surface area contributed by atoms with Crippen LogP contribution >= 0.6 is 0 Å². The number of nitrogens with one attached hydrogen (secondary N) is 1. The third-order valence-electron chi connectivity index (χ3n) is 3.66. The van der Waals surface area contributed by atoms with Crippen LogP contribution in [-0.4, -0.2) is 24.8 Å². The van der Waals surface area contributed by atoms with Crippen LogP contribution in [0.2, 0.25) is 0 Å². The molecule has 2 rings (SSSR count). The molecule has 0 radical (unpaired) electrons. The van der Waals surface area contributed by atoms with Crippen LogP contribution in [0.15, 0.2) is 42.5 Å². The molecule has 0 aliphatic carbocycles. The lowest BCUT2D eigenvalue weighted by atomic mass is 10.1. The molecule has 124 valence electrons. The number of hydrogen-bond donors (Lipinski definition) is 3. The summed E-state index contributed by atoms with van der Waals surface area (Å²) in [5, 5.41) is 11.9. The van der Waals surface area contributed by atoms with Crippen LogP contribution in [-0.2, 0) is 13.0 Å². The van der Waals surface area contributed by atoms with Crippen molar-refractivity contribution >= 4 is 5.69 Å². The van der Waals surface area contributed by atoms with Crippen molar-refractivity contribution < 1.29 is 9.84 Å². The Morgan fingerprint density at radius 2 is 1.96 bits per heavy atom. The van der Waals surface area contributed by atoms with Gasteiger partial charge in [0, 0.05) is 6.54 Å². The Balaban J connectivity index is 1.84. The second kappa shape index (κ2) is 9.18. The minimum atomic E-state index is 0.180. The number of nitrogens with two attached hydrogens (primary N) is 1. The maximum atomic E-state index is 8.70. The van der Waals surface area contributed by atoms with Gasteiger partial charge in [-0.1, -0.05) is 35.9 Å². The van der Waals surface area contributed by atoms with Crippen LogP contribution in [0, 0.1) is 6.92 Å². The number of aryl methyl sites for hydroxylation is 2. The molecule has 0 saturated heterocycles. The first-order valence-corrected chi connectivity index (χ1v) is 8.07. The molecule has 0 unspecified atom stereocenters. The molecule has 2 aromatic rings. The van der Waals surface area contributed by atoms with Gasteiger partial charge in [-0.15, -0.1) is 0 Å². The lowest BCUT2D eigenvalue weighted by molar-refractivity contribution is 0.292. The zero-order valence-electron chi connectivity index (χ0n) is 13.7. The van der Waals surface area contributed by atoms with Gasteiger partial charge in [-0.2, -0.15) is 0 Å². The van der Waals surface area contributed by atoms with Crippen molar-refractivity contribution in [1.82, 2.24) is 5.32 Å². The predicted octanol–water partition coefficient (Wildman–Crippen LogP) is 2.67. The zero-order chi connectivity index (χ0) is 16.5. The topological polar surface area (TPSA) is 67.5 Å². The summed E-state index contributed by atoms with van der Waals surface area (Å²) in [5.74, 6) is 0.730. The fourth-order valence-corrected chi connectivity index (χ4v) is 2.47. The normalized spacial score (nSPS) is 10.7. The molecule has 0 aliphatic rings.